The molecular weight excluding hydrogens is 296 g/mol. The van der Waals surface area contributed by atoms with Gasteiger partial charge in [0.2, 0.25) is 11.5 Å². The maximum Gasteiger partial charge on any atom is 0.248 e. The highest BCUT2D eigenvalue weighted by Crippen LogP contribution is 2.27. The van der Waals surface area contributed by atoms with Crippen LogP contribution < -0.4 is 10.9 Å². The molecule has 0 aliphatic heterocycles. The molecule has 2 aromatic heterocycles. The first-order chi connectivity index (χ1) is 10.7. The predicted molar refractivity (Wildman–Crippen MR) is 88.1 cm³/mol. The van der Waals surface area contributed by atoms with E-state index in [1.54, 1.807) is 17.4 Å². The van der Waals surface area contributed by atoms with Gasteiger partial charge in [-0.05, 0) is 55.2 Å². The van der Waals surface area contributed by atoms with Crippen LogP contribution in [0.4, 0.5) is 0 Å². The topological polar surface area (TPSA) is 62.0 Å². The average molecular weight is 316 g/mol. The van der Waals surface area contributed by atoms with E-state index in [9.17, 15) is 9.59 Å². The highest BCUT2D eigenvalue weighted by Gasteiger charge is 2.22. The van der Waals surface area contributed by atoms with Gasteiger partial charge in [-0.2, -0.15) is 0 Å². The van der Waals surface area contributed by atoms with Crippen LogP contribution in [0.3, 0.4) is 0 Å². The summed E-state index contributed by atoms with van der Waals surface area (Å²) in [6.07, 6.45) is 5.20. The Kier molecular flexibility index (Phi) is 4.73. The van der Waals surface area contributed by atoms with Gasteiger partial charge in [0.25, 0.3) is 0 Å². The van der Waals surface area contributed by atoms with Crippen LogP contribution in [0.15, 0.2) is 34.4 Å². The van der Waals surface area contributed by atoms with Crippen LogP contribution in [0.1, 0.15) is 47.9 Å². The standard InChI is InChI=1S/C17H20N2O2S/c20-16(8-1-4-12-5-3-11-22-12)18-14-6-2-7-15-13(14)9-10-17(21)19-15/h3,5,9-11,14H,1-2,4,6-8H2,(H,18,20)(H,19,21)/t14-/m1/s1. The van der Waals surface area contributed by atoms with E-state index >= 15 is 0 Å². The molecule has 5 heteroatoms. The van der Waals surface area contributed by atoms with Crippen molar-refractivity contribution in [2.45, 2.75) is 44.6 Å². The van der Waals surface area contributed by atoms with Crippen LogP contribution in [0, 0.1) is 0 Å². The van der Waals surface area contributed by atoms with Gasteiger partial charge in [-0.15, -0.1) is 11.3 Å². The molecule has 116 valence electrons. The van der Waals surface area contributed by atoms with Gasteiger partial charge in [0.05, 0.1) is 6.04 Å². The van der Waals surface area contributed by atoms with E-state index < -0.39 is 0 Å². The molecule has 2 aromatic rings. The number of amides is 1. The fraction of sp³-hybridized carbons (Fsp3) is 0.412. The molecule has 2 N–H and O–H groups in total. The zero-order chi connectivity index (χ0) is 15.4. The summed E-state index contributed by atoms with van der Waals surface area (Å²) < 4.78 is 0. The van der Waals surface area contributed by atoms with Crippen molar-refractivity contribution in [2.24, 2.45) is 0 Å². The first-order valence-corrected chi connectivity index (χ1v) is 8.64. The number of hydrogen-bond donors (Lipinski definition) is 2. The van der Waals surface area contributed by atoms with E-state index in [1.807, 2.05) is 12.1 Å². The van der Waals surface area contributed by atoms with Crippen molar-refractivity contribution in [3.63, 3.8) is 0 Å². The number of aromatic nitrogens is 1. The molecule has 0 bridgehead atoms. The largest absolute Gasteiger partial charge is 0.349 e. The third-order valence-corrected chi connectivity index (χ3v) is 5.01. The van der Waals surface area contributed by atoms with Gasteiger partial charge in [-0.25, -0.2) is 0 Å². The van der Waals surface area contributed by atoms with Crippen molar-refractivity contribution in [1.29, 1.82) is 0 Å². The first kappa shape index (κ1) is 15.0. The second-order valence-electron chi connectivity index (χ2n) is 5.70. The monoisotopic (exact) mass is 316 g/mol. The Bertz CT molecular complexity index is 691. The molecule has 0 fully saturated rings. The van der Waals surface area contributed by atoms with Crippen LogP contribution >= 0.6 is 11.3 Å². The summed E-state index contributed by atoms with van der Waals surface area (Å²) in [5.74, 6) is 0.0978. The van der Waals surface area contributed by atoms with Crippen LogP contribution in [-0.2, 0) is 17.6 Å². The lowest BCUT2D eigenvalue weighted by Gasteiger charge is -2.25. The van der Waals surface area contributed by atoms with Crippen molar-refractivity contribution in [3.8, 4) is 0 Å². The molecule has 1 amide bonds. The summed E-state index contributed by atoms with van der Waals surface area (Å²) in [6, 6.07) is 7.58. The number of pyridine rings is 1. The molecule has 0 spiro atoms. The van der Waals surface area contributed by atoms with Crippen molar-refractivity contribution in [3.05, 3.63) is 56.1 Å². The number of hydrogen-bond acceptors (Lipinski definition) is 3. The average Bonchev–Trinajstić information content (AvgIpc) is 3.00. The Morgan fingerprint density at radius 3 is 3.09 bits per heavy atom. The van der Waals surface area contributed by atoms with Crippen LogP contribution in [0.25, 0.3) is 0 Å². The van der Waals surface area contributed by atoms with Crippen molar-refractivity contribution in [2.75, 3.05) is 0 Å². The molecule has 1 aliphatic carbocycles. The first-order valence-electron chi connectivity index (χ1n) is 7.76. The number of nitrogens with one attached hydrogen (secondary N) is 2. The molecule has 0 saturated heterocycles. The van der Waals surface area contributed by atoms with E-state index in [1.165, 1.54) is 4.88 Å². The summed E-state index contributed by atoms with van der Waals surface area (Å²) >= 11 is 1.74. The van der Waals surface area contributed by atoms with Gasteiger partial charge in [0.15, 0.2) is 0 Å². The second-order valence-corrected chi connectivity index (χ2v) is 6.73. The molecule has 1 aliphatic rings. The summed E-state index contributed by atoms with van der Waals surface area (Å²) in [4.78, 5) is 27.7. The van der Waals surface area contributed by atoms with Crippen LogP contribution in [-0.4, -0.2) is 10.9 Å². The lowest BCUT2D eigenvalue weighted by molar-refractivity contribution is -0.122. The maximum atomic E-state index is 12.1. The number of H-pyrrole nitrogens is 1. The number of thiophene rings is 1. The molecule has 0 saturated carbocycles. The summed E-state index contributed by atoms with van der Waals surface area (Å²) in [6.45, 7) is 0. The summed E-state index contributed by atoms with van der Waals surface area (Å²) in [7, 11) is 0. The van der Waals surface area contributed by atoms with Gasteiger partial charge in [0.1, 0.15) is 0 Å². The van der Waals surface area contributed by atoms with E-state index in [0.717, 1.165) is 43.4 Å². The number of carbonyl (C=O) groups excluding carboxylic acids is 1. The third kappa shape index (κ3) is 3.65. The second kappa shape index (κ2) is 6.92. The number of carbonyl (C=O) groups is 1. The molecule has 22 heavy (non-hydrogen) atoms. The van der Waals surface area contributed by atoms with E-state index in [0.29, 0.717) is 6.42 Å². The molecule has 2 heterocycles. The molecule has 4 nitrogen and oxygen atoms in total. The van der Waals surface area contributed by atoms with Gasteiger partial charge in [0, 0.05) is 23.1 Å². The smallest absolute Gasteiger partial charge is 0.248 e. The Balaban J connectivity index is 1.55. The third-order valence-electron chi connectivity index (χ3n) is 4.07. The number of aromatic amines is 1. The number of rotatable bonds is 5. The lowest BCUT2D eigenvalue weighted by atomic mass is 9.91. The molecular formula is C17H20N2O2S. The van der Waals surface area contributed by atoms with Crippen molar-refractivity contribution < 1.29 is 4.79 Å². The van der Waals surface area contributed by atoms with Gasteiger partial charge in [-0.3, -0.25) is 9.59 Å². The Morgan fingerprint density at radius 1 is 1.36 bits per heavy atom. The molecule has 0 unspecified atom stereocenters. The lowest BCUT2D eigenvalue weighted by Crippen LogP contribution is -2.32. The minimum absolute atomic E-state index is 0.0369. The SMILES string of the molecule is O=C(CCCc1cccs1)N[C@@H]1CCCc2[nH]c(=O)ccc21. The molecule has 0 radical (unpaired) electrons. The number of fused-ring (bicyclic) bond motifs is 1. The summed E-state index contributed by atoms with van der Waals surface area (Å²) in [5.41, 5.74) is 1.97. The van der Waals surface area contributed by atoms with Crippen molar-refractivity contribution >= 4 is 17.2 Å². The van der Waals surface area contributed by atoms with Crippen molar-refractivity contribution in [1.82, 2.24) is 10.3 Å². The van der Waals surface area contributed by atoms with Gasteiger partial charge in [-0.1, -0.05) is 6.07 Å². The van der Waals surface area contributed by atoms with E-state index in [4.69, 9.17) is 0 Å². The van der Waals surface area contributed by atoms with Gasteiger partial charge >= 0.3 is 0 Å². The minimum Gasteiger partial charge on any atom is -0.349 e. The zero-order valence-corrected chi connectivity index (χ0v) is 13.2. The van der Waals surface area contributed by atoms with E-state index in [-0.39, 0.29) is 17.5 Å². The van der Waals surface area contributed by atoms with E-state index in [2.05, 4.69) is 21.7 Å². The zero-order valence-electron chi connectivity index (χ0n) is 12.4. The Labute approximate surface area is 133 Å². The predicted octanol–water partition coefficient (Wildman–Crippen LogP) is 2.95. The summed E-state index contributed by atoms with van der Waals surface area (Å²) in [5, 5.41) is 5.18. The quantitative estimate of drug-likeness (QED) is 0.891. The highest BCUT2D eigenvalue weighted by molar-refractivity contribution is 7.09. The fourth-order valence-electron chi connectivity index (χ4n) is 2.99. The van der Waals surface area contributed by atoms with Gasteiger partial charge < -0.3 is 10.3 Å². The highest BCUT2D eigenvalue weighted by atomic mass is 32.1. The van der Waals surface area contributed by atoms with Crippen LogP contribution in [0.5, 0.6) is 0 Å². The molecule has 0 aromatic carbocycles. The normalized spacial score (nSPS) is 17.0. The molecule has 3 rings (SSSR count). The van der Waals surface area contributed by atoms with Crippen LogP contribution in [0.2, 0.25) is 0 Å². The molecule has 1 atom stereocenters. The Morgan fingerprint density at radius 2 is 2.27 bits per heavy atom. The number of aryl methyl sites for hydroxylation is 2. The minimum atomic E-state index is -0.0679. The Hall–Kier alpha value is -1.88. The maximum absolute atomic E-state index is 12.1. The fourth-order valence-corrected chi connectivity index (χ4v) is 3.75.